The Labute approximate surface area is 88.5 Å². The molecule has 0 radical (unpaired) electrons. The molecule has 0 saturated carbocycles. The number of anilines is 1. The molecule has 0 bridgehead atoms. The number of carbonyl (C=O) groups excluding carboxylic acids is 1. The minimum absolute atomic E-state index is 0.0444. The Hall–Kier alpha value is -2.71. The van der Waals surface area contributed by atoms with E-state index in [1.807, 2.05) is 0 Å². The second-order valence-electron chi connectivity index (χ2n) is 2.56. The van der Waals surface area contributed by atoms with Crippen molar-refractivity contribution in [1.82, 2.24) is 5.43 Å². The van der Waals surface area contributed by atoms with Crippen LogP contribution in [0.3, 0.4) is 0 Å². The summed E-state index contributed by atoms with van der Waals surface area (Å²) in [6.45, 7) is 0. The molecule has 0 heterocycles. The van der Waals surface area contributed by atoms with Crippen molar-refractivity contribution < 1.29 is 14.9 Å². The van der Waals surface area contributed by atoms with E-state index in [1.54, 1.807) is 6.07 Å². The van der Waals surface area contributed by atoms with Crippen LogP contribution in [0, 0.1) is 20.2 Å². The Bertz CT molecular complexity index is 420. The predicted octanol–water partition coefficient (Wildman–Crippen LogP) is 0.586. The molecule has 0 aromatic heterocycles. The van der Waals surface area contributed by atoms with Gasteiger partial charge in [-0.1, -0.05) is 18.2 Å². The van der Waals surface area contributed by atoms with Crippen LogP contribution in [0.15, 0.2) is 30.3 Å². The molecule has 84 valence electrons. The number of para-hydroxylation sites is 1. The fourth-order valence-electron chi connectivity index (χ4n) is 0.980. The number of carbonyl (C=O) groups is 1. The van der Waals surface area contributed by atoms with E-state index in [0.717, 1.165) is 0 Å². The van der Waals surface area contributed by atoms with E-state index in [9.17, 15) is 25.0 Å². The molecule has 0 fully saturated rings. The minimum Gasteiger partial charge on any atom is -0.236 e. The van der Waals surface area contributed by atoms with Gasteiger partial charge in [-0.15, -0.1) is 0 Å². The lowest BCUT2D eigenvalue weighted by Gasteiger charge is -2.09. The first-order valence-electron chi connectivity index (χ1n) is 3.97. The Balaban J connectivity index is 2.97. The van der Waals surface area contributed by atoms with E-state index in [1.165, 1.54) is 29.7 Å². The zero-order chi connectivity index (χ0) is 12.1. The van der Waals surface area contributed by atoms with E-state index in [-0.39, 0.29) is 10.7 Å². The van der Waals surface area contributed by atoms with E-state index < -0.39 is 16.1 Å². The molecule has 1 aromatic carbocycles. The third-order valence-electron chi connectivity index (χ3n) is 1.54. The van der Waals surface area contributed by atoms with Crippen molar-refractivity contribution in [3.8, 4) is 0 Å². The molecule has 0 aliphatic heterocycles. The molecule has 0 saturated heterocycles. The average Bonchev–Trinajstić information content (AvgIpc) is 2.17. The SMILES string of the molecule is O=C(N[N+](=O)[O-])N(c1ccccc1)[N+](=O)[O-]. The van der Waals surface area contributed by atoms with Crippen LogP contribution in [0.5, 0.6) is 0 Å². The van der Waals surface area contributed by atoms with Crippen molar-refractivity contribution in [1.29, 1.82) is 0 Å². The van der Waals surface area contributed by atoms with E-state index >= 15 is 0 Å². The largest absolute Gasteiger partial charge is 0.438 e. The summed E-state index contributed by atoms with van der Waals surface area (Å²) in [5.41, 5.74) is 1.11. The van der Waals surface area contributed by atoms with Crippen molar-refractivity contribution >= 4 is 11.7 Å². The topological polar surface area (TPSA) is 119 Å². The van der Waals surface area contributed by atoms with Crippen LogP contribution in [0.2, 0.25) is 0 Å². The van der Waals surface area contributed by atoms with E-state index in [0.29, 0.717) is 0 Å². The van der Waals surface area contributed by atoms with Gasteiger partial charge in [-0.25, -0.2) is 25.0 Å². The number of benzene rings is 1. The molecule has 9 heteroatoms. The lowest BCUT2D eigenvalue weighted by atomic mass is 10.3. The number of nitro groups is 2. The number of hydrogen-bond acceptors (Lipinski definition) is 5. The first-order chi connectivity index (χ1) is 7.52. The summed E-state index contributed by atoms with van der Waals surface area (Å²) in [7, 11) is 0. The molecule has 1 rings (SSSR count). The van der Waals surface area contributed by atoms with Crippen molar-refractivity contribution in [2.24, 2.45) is 0 Å². The standard InChI is InChI=1S/C7H6N4O5/c12-7(8-10(13)14)9(11(15)16)6-4-2-1-3-5-6/h1-5H,(H,8,12). The number of nitrogens with one attached hydrogen (secondary N) is 1. The summed E-state index contributed by atoms with van der Waals surface area (Å²) in [4.78, 5) is 31.7. The number of hydrogen-bond donors (Lipinski definition) is 1. The van der Waals surface area contributed by atoms with Gasteiger partial charge >= 0.3 is 6.03 Å². The van der Waals surface area contributed by atoms with E-state index in [4.69, 9.17) is 0 Å². The van der Waals surface area contributed by atoms with Gasteiger partial charge in [0.15, 0.2) is 10.1 Å². The summed E-state index contributed by atoms with van der Waals surface area (Å²) in [6.07, 6.45) is 0. The first-order valence-corrected chi connectivity index (χ1v) is 3.97. The van der Waals surface area contributed by atoms with Gasteiger partial charge in [0, 0.05) is 0 Å². The normalized spacial score (nSPS) is 9.25. The Morgan fingerprint density at radius 2 is 1.75 bits per heavy atom. The molecule has 0 atom stereocenters. The van der Waals surface area contributed by atoms with Crippen LogP contribution >= 0.6 is 0 Å². The van der Waals surface area contributed by atoms with Crippen LogP contribution < -0.4 is 10.4 Å². The molecule has 0 spiro atoms. The van der Waals surface area contributed by atoms with Crippen molar-refractivity contribution in [3.63, 3.8) is 0 Å². The zero-order valence-corrected chi connectivity index (χ0v) is 7.77. The van der Waals surface area contributed by atoms with Gasteiger partial charge < -0.3 is 0 Å². The Morgan fingerprint density at radius 1 is 1.19 bits per heavy atom. The molecule has 2 amide bonds. The zero-order valence-electron chi connectivity index (χ0n) is 7.77. The second-order valence-corrected chi connectivity index (χ2v) is 2.56. The average molecular weight is 226 g/mol. The molecular weight excluding hydrogens is 220 g/mol. The number of rotatable bonds is 3. The Kier molecular flexibility index (Phi) is 3.33. The smallest absolute Gasteiger partial charge is 0.236 e. The molecule has 16 heavy (non-hydrogen) atoms. The van der Waals surface area contributed by atoms with Gasteiger partial charge in [-0.05, 0) is 22.6 Å². The van der Waals surface area contributed by atoms with Crippen molar-refractivity contribution in [2.45, 2.75) is 0 Å². The summed E-state index contributed by atoms with van der Waals surface area (Å²) in [5, 5.41) is 18.4. The van der Waals surface area contributed by atoms with Crippen LogP contribution in [-0.4, -0.2) is 16.1 Å². The number of amides is 2. The molecule has 1 aromatic rings. The third kappa shape index (κ3) is 2.64. The molecule has 1 N–H and O–H groups in total. The quantitative estimate of drug-likeness (QED) is 0.597. The second kappa shape index (κ2) is 4.68. The van der Waals surface area contributed by atoms with Crippen LogP contribution in [0.1, 0.15) is 0 Å². The van der Waals surface area contributed by atoms with Crippen molar-refractivity contribution in [3.05, 3.63) is 50.6 Å². The monoisotopic (exact) mass is 226 g/mol. The first kappa shape index (κ1) is 11.4. The maximum absolute atomic E-state index is 11.1. The van der Waals surface area contributed by atoms with Gasteiger partial charge in [-0.2, -0.15) is 0 Å². The Morgan fingerprint density at radius 3 is 2.19 bits per heavy atom. The number of nitrogens with zero attached hydrogens (tertiary/aromatic N) is 3. The van der Waals surface area contributed by atoms with Gasteiger partial charge in [0.25, 0.3) is 0 Å². The number of hydrazine groups is 2. The molecule has 0 unspecified atom stereocenters. The van der Waals surface area contributed by atoms with Gasteiger partial charge in [0.2, 0.25) is 0 Å². The summed E-state index contributed by atoms with van der Waals surface area (Å²) >= 11 is 0. The molecular formula is C7H6N4O5. The van der Waals surface area contributed by atoms with Gasteiger partial charge in [0.1, 0.15) is 5.69 Å². The lowest BCUT2D eigenvalue weighted by molar-refractivity contribution is -0.535. The summed E-state index contributed by atoms with van der Waals surface area (Å²) in [6, 6.07) is 5.63. The van der Waals surface area contributed by atoms with Crippen LogP contribution in [-0.2, 0) is 0 Å². The van der Waals surface area contributed by atoms with Gasteiger partial charge in [0.05, 0.1) is 0 Å². The predicted molar refractivity (Wildman–Crippen MR) is 51.4 cm³/mol. The van der Waals surface area contributed by atoms with Crippen LogP contribution in [0.4, 0.5) is 10.5 Å². The minimum atomic E-state index is -1.44. The summed E-state index contributed by atoms with van der Waals surface area (Å²) in [5.74, 6) is 0. The highest BCUT2D eigenvalue weighted by Gasteiger charge is 2.29. The summed E-state index contributed by atoms with van der Waals surface area (Å²) < 4.78 is 0. The third-order valence-corrected chi connectivity index (χ3v) is 1.54. The molecule has 9 nitrogen and oxygen atoms in total. The lowest BCUT2D eigenvalue weighted by Crippen LogP contribution is -2.45. The maximum atomic E-state index is 11.1. The highest BCUT2D eigenvalue weighted by atomic mass is 16.7. The van der Waals surface area contributed by atoms with E-state index in [2.05, 4.69) is 0 Å². The van der Waals surface area contributed by atoms with Crippen LogP contribution in [0.25, 0.3) is 0 Å². The number of urea groups is 1. The highest BCUT2D eigenvalue weighted by molar-refractivity contribution is 5.88. The highest BCUT2D eigenvalue weighted by Crippen LogP contribution is 2.12. The fraction of sp³-hybridized carbons (Fsp3) is 0. The van der Waals surface area contributed by atoms with Gasteiger partial charge in [-0.3, -0.25) is 0 Å². The molecule has 0 aliphatic carbocycles. The molecule has 0 aliphatic rings. The van der Waals surface area contributed by atoms with Crippen molar-refractivity contribution in [2.75, 3.05) is 5.01 Å². The fourth-order valence-corrected chi connectivity index (χ4v) is 0.980. The maximum Gasteiger partial charge on any atom is 0.438 e.